The Kier molecular flexibility index (Phi) is 5.81. The predicted octanol–water partition coefficient (Wildman–Crippen LogP) is 2.82. The Hall–Kier alpha value is -2.28. The largest absolute Gasteiger partial charge is 0.468 e. The summed E-state index contributed by atoms with van der Waals surface area (Å²) in [7, 11) is 1.34. The Bertz CT molecular complexity index is 672. The molecule has 0 aliphatic carbocycles. The Morgan fingerprint density at radius 1 is 1.26 bits per heavy atom. The number of nitrogens with one attached hydrogen (secondary N) is 1. The summed E-state index contributed by atoms with van der Waals surface area (Å²) in [6.07, 6.45) is 1.46. The molecule has 1 N–H and O–H groups in total. The first-order valence-corrected chi connectivity index (χ1v) is 7.95. The van der Waals surface area contributed by atoms with Gasteiger partial charge in [-0.3, -0.25) is 9.59 Å². The number of methoxy groups -OCH3 is 1. The lowest BCUT2D eigenvalue weighted by molar-refractivity contribution is -0.139. The van der Waals surface area contributed by atoms with Gasteiger partial charge in [0.05, 0.1) is 18.7 Å². The maximum absolute atomic E-state index is 12.5. The number of amides is 1. The van der Waals surface area contributed by atoms with Gasteiger partial charge in [-0.15, -0.1) is 11.8 Å². The summed E-state index contributed by atoms with van der Waals surface area (Å²) < 4.78 is 9.50. The monoisotopic (exact) mass is 334 g/mol. The Balaban J connectivity index is 2.12. The average molecular weight is 334 g/mol. The molecular formula is C16H18N2O4S. The fraction of sp³-hybridized carbons (Fsp3) is 0.312. The number of aromatic nitrogens is 1. The number of hydrogen-bond acceptors (Lipinski definition) is 6. The first kappa shape index (κ1) is 17.1. The summed E-state index contributed by atoms with van der Waals surface area (Å²) in [6, 6.07) is 8.55. The second-order valence-corrected chi connectivity index (χ2v) is 6.28. The number of carbonyl (C=O) groups is 2. The van der Waals surface area contributed by atoms with Gasteiger partial charge in [0.15, 0.2) is 0 Å². The summed E-state index contributed by atoms with van der Waals surface area (Å²) in [6.45, 7) is 3.56. The Labute approximate surface area is 138 Å². The van der Waals surface area contributed by atoms with Crippen LogP contribution >= 0.6 is 11.8 Å². The fourth-order valence-electron chi connectivity index (χ4n) is 1.96. The summed E-state index contributed by atoms with van der Waals surface area (Å²) in [5.74, 6) is -0.568. The summed E-state index contributed by atoms with van der Waals surface area (Å²) >= 11 is 1.29. The van der Waals surface area contributed by atoms with Crippen LogP contribution in [0.3, 0.4) is 0 Å². The van der Waals surface area contributed by atoms with Gasteiger partial charge in [0.1, 0.15) is 17.2 Å². The highest BCUT2D eigenvalue weighted by molar-refractivity contribution is 8.00. The summed E-state index contributed by atoms with van der Waals surface area (Å²) in [4.78, 5) is 24.8. The van der Waals surface area contributed by atoms with E-state index >= 15 is 0 Å². The molecular weight excluding hydrogens is 316 g/mol. The van der Waals surface area contributed by atoms with Gasteiger partial charge in [0.25, 0.3) is 5.91 Å². The van der Waals surface area contributed by atoms with Gasteiger partial charge in [-0.05, 0) is 26.0 Å². The van der Waals surface area contributed by atoms with Crippen molar-refractivity contribution in [2.45, 2.75) is 30.0 Å². The minimum Gasteiger partial charge on any atom is -0.468 e. The number of benzene rings is 1. The van der Waals surface area contributed by atoms with Crippen molar-refractivity contribution in [1.82, 2.24) is 10.5 Å². The van der Waals surface area contributed by atoms with E-state index in [0.717, 1.165) is 4.90 Å². The van der Waals surface area contributed by atoms with Crippen molar-refractivity contribution < 1.29 is 18.8 Å². The summed E-state index contributed by atoms with van der Waals surface area (Å²) in [5, 5.41) is 6.28. The van der Waals surface area contributed by atoms with Crippen molar-refractivity contribution >= 4 is 23.6 Å². The van der Waals surface area contributed by atoms with Crippen LogP contribution < -0.4 is 5.32 Å². The van der Waals surface area contributed by atoms with Gasteiger partial charge in [-0.2, -0.15) is 0 Å². The molecule has 7 heteroatoms. The van der Waals surface area contributed by atoms with E-state index in [0.29, 0.717) is 11.3 Å². The van der Waals surface area contributed by atoms with Crippen LogP contribution in [-0.2, 0) is 9.53 Å². The van der Waals surface area contributed by atoms with Crippen molar-refractivity contribution in [3.8, 4) is 0 Å². The molecule has 0 bridgehead atoms. The molecule has 1 amide bonds. The maximum atomic E-state index is 12.5. The molecule has 1 aromatic heterocycles. The quantitative estimate of drug-likeness (QED) is 0.646. The molecule has 0 saturated carbocycles. The van der Waals surface area contributed by atoms with Crippen LogP contribution in [0.2, 0.25) is 0 Å². The van der Waals surface area contributed by atoms with Crippen molar-refractivity contribution in [3.63, 3.8) is 0 Å². The molecule has 0 aliphatic heterocycles. The molecule has 0 aliphatic rings. The van der Waals surface area contributed by atoms with Gasteiger partial charge in [-0.1, -0.05) is 17.3 Å². The van der Waals surface area contributed by atoms with Crippen LogP contribution in [0.25, 0.3) is 0 Å². The zero-order chi connectivity index (χ0) is 16.8. The Morgan fingerprint density at radius 2 is 2.00 bits per heavy atom. The van der Waals surface area contributed by atoms with Gasteiger partial charge in [-0.25, -0.2) is 0 Å². The van der Waals surface area contributed by atoms with Crippen molar-refractivity contribution in [3.05, 3.63) is 47.9 Å². The molecule has 2 rings (SSSR count). The molecule has 23 heavy (non-hydrogen) atoms. The molecule has 1 aromatic carbocycles. The van der Waals surface area contributed by atoms with E-state index in [9.17, 15) is 9.59 Å². The smallest absolute Gasteiger partial charge is 0.318 e. The zero-order valence-corrected chi connectivity index (χ0v) is 13.9. The Morgan fingerprint density at radius 3 is 2.65 bits per heavy atom. The fourth-order valence-corrected chi connectivity index (χ4v) is 2.97. The van der Waals surface area contributed by atoms with Gasteiger partial charge < -0.3 is 14.6 Å². The van der Waals surface area contributed by atoms with Crippen molar-refractivity contribution in [2.75, 3.05) is 7.11 Å². The average Bonchev–Trinajstić information content (AvgIpc) is 3.09. The van der Waals surface area contributed by atoms with Crippen molar-refractivity contribution in [1.29, 1.82) is 0 Å². The topological polar surface area (TPSA) is 81.4 Å². The van der Waals surface area contributed by atoms with Crippen LogP contribution in [0.1, 0.15) is 35.9 Å². The SMILES string of the molecule is COC(=O)[C@@H](C)Sc1ccccc1C(=O)N[C@@H](C)c1ccon1. The van der Waals surface area contributed by atoms with Gasteiger partial charge in [0, 0.05) is 11.0 Å². The van der Waals surface area contributed by atoms with Crippen LogP contribution in [-0.4, -0.2) is 29.4 Å². The van der Waals surface area contributed by atoms with Crippen LogP contribution in [0.15, 0.2) is 46.0 Å². The first-order chi connectivity index (χ1) is 11.0. The van der Waals surface area contributed by atoms with E-state index in [1.165, 1.54) is 25.1 Å². The van der Waals surface area contributed by atoms with E-state index in [-0.39, 0.29) is 17.9 Å². The highest BCUT2D eigenvalue weighted by atomic mass is 32.2. The second-order valence-electron chi connectivity index (χ2n) is 4.90. The van der Waals surface area contributed by atoms with E-state index in [1.54, 1.807) is 31.2 Å². The van der Waals surface area contributed by atoms with E-state index in [2.05, 4.69) is 10.5 Å². The third-order valence-electron chi connectivity index (χ3n) is 3.22. The highest BCUT2D eigenvalue weighted by Crippen LogP contribution is 2.27. The molecule has 0 saturated heterocycles. The molecule has 0 spiro atoms. The number of nitrogens with zero attached hydrogens (tertiary/aromatic N) is 1. The normalized spacial score (nSPS) is 13.2. The number of ether oxygens (including phenoxy) is 1. The third kappa shape index (κ3) is 4.35. The first-order valence-electron chi connectivity index (χ1n) is 7.07. The lowest BCUT2D eigenvalue weighted by atomic mass is 10.2. The van der Waals surface area contributed by atoms with Gasteiger partial charge in [0.2, 0.25) is 0 Å². The van der Waals surface area contributed by atoms with Crippen LogP contribution in [0.4, 0.5) is 0 Å². The number of rotatable bonds is 6. The zero-order valence-electron chi connectivity index (χ0n) is 13.1. The maximum Gasteiger partial charge on any atom is 0.318 e. The molecule has 122 valence electrons. The third-order valence-corrected chi connectivity index (χ3v) is 4.37. The predicted molar refractivity (Wildman–Crippen MR) is 86.2 cm³/mol. The summed E-state index contributed by atoms with van der Waals surface area (Å²) in [5.41, 5.74) is 1.15. The number of thioether (sulfide) groups is 1. The standard InChI is InChI=1S/C16H18N2O4S/c1-10(13-8-9-22-18-13)17-15(19)12-6-4-5-7-14(12)23-11(2)16(20)21-3/h4-11H,1-3H3,(H,17,19)/t10-,11+/m0/s1. The number of carbonyl (C=O) groups excluding carboxylic acids is 2. The molecule has 2 atom stereocenters. The van der Waals surface area contributed by atoms with E-state index in [4.69, 9.17) is 9.26 Å². The minimum atomic E-state index is -0.401. The van der Waals surface area contributed by atoms with E-state index < -0.39 is 5.25 Å². The van der Waals surface area contributed by atoms with E-state index in [1.807, 2.05) is 13.0 Å². The van der Waals surface area contributed by atoms with Gasteiger partial charge >= 0.3 is 5.97 Å². The highest BCUT2D eigenvalue weighted by Gasteiger charge is 2.20. The molecule has 6 nitrogen and oxygen atoms in total. The molecule has 2 aromatic rings. The molecule has 0 fully saturated rings. The van der Waals surface area contributed by atoms with Crippen LogP contribution in [0, 0.1) is 0 Å². The lowest BCUT2D eigenvalue weighted by Crippen LogP contribution is -2.27. The molecule has 0 unspecified atom stereocenters. The number of hydrogen-bond donors (Lipinski definition) is 1. The number of esters is 1. The second kappa shape index (κ2) is 7.82. The lowest BCUT2D eigenvalue weighted by Gasteiger charge is -2.15. The van der Waals surface area contributed by atoms with Crippen LogP contribution in [0.5, 0.6) is 0 Å². The minimum absolute atomic E-state index is 0.235. The van der Waals surface area contributed by atoms with Crippen molar-refractivity contribution in [2.24, 2.45) is 0 Å². The molecule has 1 heterocycles. The molecule has 0 radical (unpaired) electrons.